The number of rotatable bonds is 5. The van der Waals surface area contributed by atoms with E-state index < -0.39 is 4.92 Å². The quantitative estimate of drug-likeness (QED) is 0.224. The van der Waals surface area contributed by atoms with Crippen molar-refractivity contribution in [3.8, 4) is 5.75 Å². The molecule has 0 spiro atoms. The molecule has 0 fully saturated rings. The van der Waals surface area contributed by atoms with Gasteiger partial charge >= 0.3 is 0 Å². The van der Waals surface area contributed by atoms with Crippen molar-refractivity contribution in [3.05, 3.63) is 93.5 Å². The molecule has 0 heterocycles. The zero-order chi connectivity index (χ0) is 19.2. The van der Waals surface area contributed by atoms with E-state index in [1.165, 1.54) is 18.2 Å². The number of nitro groups is 1. The topological polar surface area (TPSA) is 102 Å². The van der Waals surface area contributed by atoms with E-state index >= 15 is 0 Å². The number of aromatic hydroxyl groups is 1. The van der Waals surface area contributed by atoms with Gasteiger partial charge in [0.25, 0.3) is 5.69 Å². The summed E-state index contributed by atoms with van der Waals surface area (Å²) >= 11 is 0. The Morgan fingerprint density at radius 3 is 2.07 bits per heavy atom. The standard InChI is InChI=1S/C21H17N3O3/c22-18-8-7-17(21(25)13-18)14-23-19-9-3-15(4-10-19)1-2-16-5-11-20(12-6-16)24(26)27/h1-14,25H,22H2/b2-1?,23-14+. The average molecular weight is 359 g/mol. The molecule has 0 atom stereocenters. The lowest BCUT2D eigenvalue weighted by atomic mass is 10.1. The maximum Gasteiger partial charge on any atom is 0.269 e. The third kappa shape index (κ3) is 4.79. The van der Waals surface area contributed by atoms with Crippen LogP contribution in [0.5, 0.6) is 5.75 Å². The van der Waals surface area contributed by atoms with Crippen LogP contribution in [0.25, 0.3) is 12.2 Å². The van der Waals surface area contributed by atoms with Crippen LogP contribution >= 0.6 is 0 Å². The van der Waals surface area contributed by atoms with E-state index in [1.807, 2.05) is 36.4 Å². The monoisotopic (exact) mass is 359 g/mol. The van der Waals surface area contributed by atoms with Crippen LogP contribution in [0.2, 0.25) is 0 Å². The van der Waals surface area contributed by atoms with Gasteiger partial charge in [-0.25, -0.2) is 0 Å². The second-order valence-electron chi connectivity index (χ2n) is 5.85. The van der Waals surface area contributed by atoms with Gasteiger partial charge in [-0.3, -0.25) is 15.1 Å². The van der Waals surface area contributed by atoms with Gasteiger partial charge in [-0.1, -0.05) is 24.3 Å². The zero-order valence-corrected chi connectivity index (χ0v) is 14.3. The molecule has 0 aromatic heterocycles. The molecule has 6 heteroatoms. The molecule has 27 heavy (non-hydrogen) atoms. The predicted octanol–water partition coefficient (Wildman–Crippen LogP) is 4.80. The number of nitrogens with two attached hydrogens (primary N) is 1. The van der Waals surface area contributed by atoms with E-state index in [1.54, 1.807) is 30.5 Å². The SMILES string of the molecule is Nc1ccc(/C=N/c2ccc(C=Cc3ccc([N+](=O)[O-])cc3)cc2)c(O)c1. The molecule has 0 amide bonds. The third-order valence-corrected chi connectivity index (χ3v) is 3.87. The molecular weight excluding hydrogens is 342 g/mol. The highest BCUT2D eigenvalue weighted by Crippen LogP contribution is 2.20. The van der Waals surface area contributed by atoms with E-state index in [-0.39, 0.29) is 11.4 Å². The Morgan fingerprint density at radius 1 is 0.926 bits per heavy atom. The van der Waals surface area contributed by atoms with E-state index in [4.69, 9.17) is 5.73 Å². The van der Waals surface area contributed by atoms with Gasteiger partial charge in [0, 0.05) is 35.7 Å². The molecular formula is C21H17N3O3. The lowest BCUT2D eigenvalue weighted by Gasteiger charge is -2.00. The number of hydrogen-bond acceptors (Lipinski definition) is 5. The van der Waals surface area contributed by atoms with Crippen molar-refractivity contribution in [2.45, 2.75) is 0 Å². The van der Waals surface area contributed by atoms with Gasteiger partial charge in [-0.15, -0.1) is 0 Å². The number of aliphatic imine (C=N–C) groups is 1. The molecule has 0 unspecified atom stereocenters. The van der Waals surface area contributed by atoms with Crippen LogP contribution in [0.3, 0.4) is 0 Å². The summed E-state index contributed by atoms with van der Waals surface area (Å²) in [5.74, 6) is 0.0846. The third-order valence-electron chi connectivity index (χ3n) is 3.87. The van der Waals surface area contributed by atoms with Gasteiger partial charge in [0.1, 0.15) is 5.75 Å². The maximum atomic E-state index is 10.7. The van der Waals surface area contributed by atoms with Gasteiger partial charge in [0.15, 0.2) is 0 Å². The van der Waals surface area contributed by atoms with Gasteiger partial charge < -0.3 is 10.8 Å². The van der Waals surface area contributed by atoms with Gasteiger partial charge in [-0.2, -0.15) is 0 Å². The van der Waals surface area contributed by atoms with E-state index in [0.717, 1.165) is 16.8 Å². The predicted molar refractivity (Wildman–Crippen MR) is 108 cm³/mol. The lowest BCUT2D eigenvalue weighted by Crippen LogP contribution is -1.87. The highest BCUT2D eigenvalue weighted by Gasteiger charge is 2.02. The second kappa shape index (κ2) is 7.97. The molecule has 6 nitrogen and oxygen atoms in total. The van der Waals surface area contributed by atoms with Crippen LogP contribution in [-0.4, -0.2) is 16.2 Å². The first-order valence-corrected chi connectivity index (χ1v) is 8.16. The highest BCUT2D eigenvalue weighted by molar-refractivity contribution is 5.86. The van der Waals surface area contributed by atoms with E-state index in [9.17, 15) is 15.2 Å². The van der Waals surface area contributed by atoms with Crippen molar-refractivity contribution >= 4 is 35.4 Å². The van der Waals surface area contributed by atoms with E-state index in [2.05, 4.69) is 4.99 Å². The summed E-state index contributed by atoms with van der Waals surface area (Å²) in [7, 11) is 0. The number of benzene rings is 3. The summed E-state index contributed by atoms with van der Waals surface area (Å²) in [6, 6.07) is 18.8. The summed E-state index contributed by atoms with van der Waals surface area (Å²) in [6.45, 7) is 0. The van der Waals surface area contributed by atoms with Crippen molar-refractivity contribution in [1.82, 2.24) is 0 Å². The Kier molecular flexibility index (Phi) is 5.28. The molecule has 0 aliphatic carbocycles. The first-order chi connectivity index (χ1) is 13.0. The number of phenolic OH excluding ortho intramolecular Hbond substituents is 1. The summed E-state index contributed by atoms with van der Waals surface area (Å²) in [5.41, 5.74) is 9.36. The number of nitrogens with zero attached hydrogens (tertiary/aromatic N) is 2. The Bertz CT molecular complexity index is 1010. The first kappa shape index (κ1) is 17.9. The minimum absolute atomic E-state index is 0.0708. The lowest BCUT2D eigenvalue weighted by molar-refractivity contribution is -0.384. The van der Waals surface area contributed by atoms with Crippen molar-refractivity contribution in [2.24, 2.45) is 4.99 Å². The Labute approximate surface area is 156 Å². The molecule has 0 bridgehead atoms. The van der Waals surface area contributed by atoms with Crippen molar-refractivity contribution in [1.29, 1.82) is 0 Å². The van der Waals surface area contributed by atoms with Gasteiger partial charge in [-0.05, 0) is 47.5 Å². The van der Waals surface area contributed by atoms with Crippen LogP contribution in [0.1, 0.15) is 16.7 Å². The molecule has 3 aromatic carbocycles. The number of hydrogen-bond donors (Lipinski definition) is 2. The normalized spacial score (nSPS) is 11.3. The molecule has 134 valence electrons. The largest absolute Gasteiger partial charge is 0.507 e. The molecule has 3 N–H and O–H groups in total. The second-order valence-corrected chi connectivity index (χ2v) is 5.85. The molecule has 0 radical (unpaired) electrons. The Balaban J connectivity index is 1.67. The molecule has 3 aromatic rings. The van der Waals surface area contributed by atoms with E-state index in [0.29, 0.717) is 11.3 Å². The minimum Gasteiger partial charge on any atom is -0.507 e. The number of nitro benzene ring substituents is 1. The Hall–Kier alpha value is -3.93. The summed E-state index contributed by atoms with van der Waals surface area (Å²) in [6.07, 6.45) is 5.38. The van der Waals surface area contributed by atoms with Gasteiger partial charge in [0.2, 0.25) is 0 Å². The smallest absolute Gasteiger partial charge is 0.269 e. The fourth-order valence-corrected chi connectivity index (χ4v) is 2.39. The summed E-state index contributed by atoms with van der Waals surface area (Å²) in [5, 5.41) is 20.5. The van der Waals surface area contributed by atoms with Crippen LogP contribution in [-0.2, 0) is 0 Å². The number of phenols is 1. The minimum atomic E-state index is -0.420. The summed E-state index contributed by atoms with van der Waals surface area (Å²) in [4.78, 5) is 14.6. The van der Waals surface area contributed by atoms with Crippen LogP contribution in [0.15, 0.2) is 71.7 Å². The van der Waals surface area contributed by atoms with Crippen LogP contribution in [0.4, 0.5) is 17.1 Å². The molecule has 0 aliphatic heterocycles. The number of nitrogen functional groups attached to an aromatic ring is 1. The molecule has 0 saturated heterocycles. The fraction of sp³-hybridized carbons (Fsp3) is 0. The van der Waals surface area contributed by atoms with Crippen molar-refractivity contribution in [2.75, 3.05) is 5.73 Å². The van der Waals surface area contributed by atoms with Crippen molar-refractivity contribution in [3.63, 3.8) is 0 Å². The molecule has 3 rings (SSSR count). The highest BCUT2D eigenvalue weighted by atomic mass is 16.6. The number of non-ortho nitro benzene ring substituents is 1. The first-order valence-electron chi connectivity index (χ1n) is 8.16. The zero-order valence-electron chi connectivity index (χ0n) is 14.3. The van der Waals surface area contributed by atoms with Gasteiger partial charge in [0.05, 0.1) is 10.6 Å². The van der Waals surface area contributed by atoms with Crippen LogP contribution < -0.4 is 5.73 Å². The summed E-state index contributed by atoms with van der Waals surface area (Å²) < 4.78 is 0. The molecule has 0 aliphatic rings. The van der Waals surface area contributed by atoms with Crippen LogP contribution in [0, 0.1) is 10.1 Å². The Morgan fingerprint density at radius 2 is 1.52 bits per heavy atom. The fourth-order valence-electron chi connectivity index (χ4n) is 2.39. The number of anilines is 1. The van der Waals surface area contributed by atoms with Crippen molar-refractivity contribution < 1.29 is 10.0 Å². The maximum absolute atomic E-state index is 10.7. The average Bonchev–Trinajstić information content (AvgIpc) is 2.67. The molecule has 0 saturated carbocycles.